The molecular formula is C35H48F2N4O5. The van der Waals surface area contributed by atoms with Gasteiger partial charge in [-0.25, -0.2) is 22.9 Å². The summed E-state index contributed by atoms with van der Waals surface area (Å²) in [4.78, 5) is 28.2. The minimum absolute atomic E-state index is 0.00413. The quantitative estimate of drug-likeness (QED) is 0.277. The van der Waals surface area contributed by atoms with Gasteiger partial charge < -0.3 is 19.1 Å². The van der Waals surface area contributed by atoms with Crippen LogP contribution < -0.4 is 4.74 Å². The Morgan fingerprint density at radius 2 is 1.57 bits per heavy atom. The summed E-state index contributed by atoms with van der Waals surface area (Å²) >= 11 is 0. The van der Waals surface area contributed by atoms with Crippen LogP contribution in [0.15, 0.2) is 12.3 Å². The molecule has 1 aromatic carbocycles. The molecule has 46 heavy (non-hydrogen) atoms. The van der Waals surface area contributed by atoms with Crippen LogP contribution in [-0.4, -0.2) is 56.3 Å². The van der Waals surface area contributed by atoms with E-state index in [4.69, 9.17) is 19.3 Å². The zero-order valence-corrected chi connectivity index (χ0v) is 28.6. The SMILES string of the molecule is CCC1CCCC(CC)C1n1nc2c(c1-c1cc(F)c(OC)c3c1c(F)cn3C(=O)OC(C)(C)C)CN(C(=O)OC(C)(C)C)CC2. The fourth-order valence-corrected chi connectivity index (χ4v) is 7.21. The van der Waals surface area contributed by atoms with E-state index in [0.29, 0.717) is 30.5 Å². The normalized spacial score (nSPS) is 20.5. The number of halogens is 2. The van der Waals surface area contributed by atoms with E-state index < -0.39 is 35.0 Å². The maximum Gasteiger partial charge on any atom is 0.419 e. The summed E-state index contributed by atoms with van der Waals surface area (Å²) in [5, 5.41) is 5.21. The van der Waals surface area contributed by atoms with E-state index in [1.54, 1.807) is 25.7 Å². The fourth-order valence-electron chi connectivity index (χ4n) is 7.21. The van der Waals surface area contributed by atoms with E-state index in [9.17, 15) is 9.59 Å². The van der Waals surface area contributed by atoms with Crippen molar-refractivity contribution in [2.45, 2.75) is 118 Å². The number of fused-ring (bicyclic) bond motifs is 2. The Kier molecular flexibility index (Phi) is 9.18. The van der Waals surface area contributed by atoms with Crippen LogP contribution in [-0.2, 0) is 22.4 Å². The average Bonchev–Trinajstić information content (AvgIpc) is 3.52. The van der Waals surface area contributed by atoms with Crippen molar-refractivity contribution in [2.24, 2.45) is 11.8 Å². The molecule has 0 N–H and O–H groups in total. The Morgan fingerprint density at radius 3 is 2.13 bits per heavy atom. The molecule has 1 aliphatic heterocycles. The molecule has 5 rings (SSSR count). The summed E-state index contributed by atoms with van der Waals surface area (Å²) < 4.78 is 52.1. The fraction of sp³-hybridized carbons (Fsp3) is 0.629. The molecule has 2 atom stereocenters. The largest absolute Gasteiger partial charge is 0.492 e. The van der Waals surface area contributed by atoms with Crippen LogP contribution in [0, 0.1) is 23.5 Å². The summed E-state index contributed by atoms with van der Waals surface area (Å²) in [7, 11) is 1.28. The van der Waals surface area contributed by atoms with Gasteiger partial charge in [0.1, 0.15) is 22.5 Å². The lowest BCUT2D eigenvalue weighted by Crippen LogP contribution is -2.39. The Labute approximate surface area is 270 Å². The molecule has 1 amide bonds. The second-order valence-electron chi connectivity index (χ2n) is 14.6. The highest BCUT2D eigenvalue weighted by molar-refractivity contribution is 6.03. The summed E-state index contributed by atoms with van der Waals surface area (Å²) in [6.07, 6.45) is 5.23. The number of nitrogens with zero attached hydrogens (tertiary/aromatic N) is 4. The van der Waals surface area contributed by atoms with Crippen LogP contribution in [0.3, 0.4) is 0 Å². The van der Waals surface area contributed by atoms with Crippen LogP contribution in [0.25, 0.3) is 22.2 Å². The van der Waals surface area contributed by atoms with Crippen LogP contribution in [0.5, 0.6) is 5.75 Å². The van der Waals surface area contributed by atoms with Crippen molar-refractivity contribution in [2.75, 3.05) is 13.7 Å². The molecule has 3 heterocycles. The molecule has 252 valence electrons. The molecule has 3 aromatic rings. The van der Waals surface area contributed by atoms with E-state index in [1.165, 1.54) is 13.2 Å². The van der Waals surface area contributed by atoms with Gasteiger partial charge >= 0.3 is 12.2 Å². The maximum atomic E-state index is 16.3. The van der Waals surface area contributed by atoms with Crippen LogP contribution in [0.2, 0.25) is 0 Å². The average molecular weight is 643 g/mol. The molecule has 1 aliphatic carbocycles. The first kappa shape index (κ1) is 33.7. The van der Waals surface area contributed by atoms with Gasteiger partial charge in [0.2, 0.25) is 0 Å². The summed E-state index contributed by atoms with van der Waals surface area (Å²) in [6.45, 7) is 15.5. The Balaban J connectivity index is 1.80. The van der Waals surface area contributed by atoms with Crippen molar-refractivity contribution in [3.63, 3.8) is 0 Å². The summed E-state index contributed by atoms with van der Waals surface area (Å²) in [6, 6.07) is 1.27. The van der Waals surface area contributed by atoms with Gasteiger partial charge in [0.15, 0.2) is 11.6 Å². The van der Waals surface area contributed by atoms with E-state index in [1.807, 2.05) is 25.5 Å². The lowest BCUT2D eigenvalue weighted by atomic mass is 9.74. The lowest BCUT2D eigenvalue weighted by Gasteiger charge is -2.39. The van der Waals surface area contributed by atoms with Crippen LogP contribution in [0.1, 0.15) is 105 Å². The Bertz CT molecular complexity index is 1620. The number of ether oxygens (including phenoxy) is 3. The zero-order valence-electron chi connectivity index (χ0n) is 28.6. The maximum absolute atomic E-state index is 16.3. The summed E-state index contributed by atoms with van der Waals surface area (Å²) in [5.41, 5.74) is 0.704. The van der Waals surface area contributed by atoms with Crippen molar-refractivity contribution in [1.29, 1.82) is 0 Å². The van der Waals surface area contributed by atoms with Gasteiger partial charge in [-0.2, -0.15) is 5.10 Å². The molecule has 1 saturated carbocycles. The van der Waals surface area contributed by atoms with E-state index in [0.717, 1.165) is 54.1 Å². The smallest absolute Gasteiger partial charge is 0.419 e. The van der Waals surface area contributed by atoms with E-state index in [2.05, 4.69) is 13.8 Å². The predicted octanol–water partition coefficient (Wildman–Crippen LogP) is 8.65. The predicted molar refractivity (Wildman–Crippen MR) is 172 cm³/mol. The molecule has 2 unspecified atom stereocenters. The first-order chi connectivity index (χ1) is 21.6. The third-order valence-corrected chi connectivity index (χ3v) is 9.14. The number of amides is 1. The first-order valence-electron chi connectivity index (χ1n) is 16.5. The Hall–Kier alpha value is -3.63. The molecule has 0 radical (unpaired) electrons. The molecule has 0 bridgehead atoms. The molecule has 11 heteroatoms. The molecule has 9 nitrogen and oxygen atoms in total. The van der Waals surface area contributed by atoms with Crippen molar-refractivity contribution in [3.8, 4) is 17.0 Å². The topological polar surface area (TPSA) is 87.8 Å². The minimum atomic E-state index is -0.873. The van der Waals surface area contributed by atoms with Crippen molar-refractivity contribution in [1.82, 2.24) is 19.2 Å². The van der Waals surface area contributed by atoms with Gasteiger partial charge in [-0.15, -0.1) is 0 Å². The van der Waals surface area contributed by atoms with Crippen LogP contribution in [0.4, 0.5) is 18.4 Å². The van der Waals surface area contributed by atoms with Crippen molar-refractivity contribution in [3.05, 3.63) is 35.2 Å². The number of aromatic nitrogens is 3. The second kappa shape index (κ2) is 12.5. The standard InChI is InChI=1S/C35H48F2N4O5/c1-10-20-13-12-14-21(11-2)28(20)41-29(23-18-39(16-15-26(23)38-41)32(42)45-34(3,4)5)22-17-24(36)31(44-9)30-27(22)25(37)19-40(30)33(43)46-35(6,7)8/h17,19-21,28H,10-16,18H2,1-9H3. The molecule has 0 saturated heterocycles. The monoisotopic (exact) mass is 642 g/mol. The molecular weight excluding hydrogens is 594 g/mol. The second-order valence-corrected chi connectivity index (χ2v) is 14.6. The Morgan fingerprint density at radius 1 is 0.957 bits per heavy atom. The van der Waals surface area contributed by atoms with Gasteiger partial charge in [0.25, 0.3) is 0 Å². The van der Waals surface area contributed by atoms with Crippen molar-refractivity contribution < 1.29 is 32.6 Å². The molecule has 0 spiro atoms. The lowest BCUT2D eigenvalue weighted by molar-refractivity contribution is 0.0223. The molecule has 2 aliphatic rings. The van der Waals surface area contributed by atoms with Gasteiger partial charge in [0, 0.05) is 29.5 Å². The number of hydrogen-bond donors (Lipinski definition) is 0. The third-order valence-electron chi connectivity index (χ3n) is 9.14. The molecule has 2 aromatic heterocycles. The minimum Gasteiger partial charge on any atom is -0.492 e. The van der Waals surface area contributed by atoms with Gasteiger partial charge in [-0.05, 0) is 72.3 Å². The highest BCUT2D eigenvalue weighted by Gasteiger charge is 2.39. The molecule has 1 fully saturated rings. The van der Waals surface area contributed by atoms with Crippen molar-refractivity contribution >= 4 is 23.1 Å². The number of carbonyl (C=O) groups is 2. The number of carbonyl (C=O) groups excluding carboxylic acids is 2. The highest BCUT2D eigenvalue weighted by atomic mass is 19.1. The van der Waals surface area contributed by atoms with E-state index in [-0.39, 0.29) is 34.8 Å². The van der Waals surface area contributed by atoms with Gasteiger partial charge in [-0.1, -0.05) is 33.1 Å². The number of methoxy groups -OCH3 is 1. The first-order valence-corrected chi connectivity index (χ1v) is 16.5. The van der Waals surface area contributed by atoms with Gasteiger partial charge in [-0.3, -0.25) is 4.68 Å². The number of benzene rings is 1. The van der Waals surface area contributed by atoms with E-state index >= 15 is 8.78 Å². The number of rotatable bonds is 5. The van der Waals surface area contributed by atoms with Gasteiger partial charge in [0.05, 0.1) is 37.3 Å². The zero-order chi connectivity index (χ0) is 33.7. The summed E-state index contributed by atoms with van der Waals surface area (Å²) in [5.74, 6) is -1.11. The highest BCUT2D eigenvalue weighted by Crippen LogP contribution is 2.48. The van der Waals surface area contributed by atoms with Crippen LogP contribution >= 0.6 is 0 Å². The number of hydrogen-bond acceptors (Lipinski definition) is 6. The third kappa shape index (κ3) is 6.34.